The summed E-state index contributed by atoms with van der Waals surface area (Å²) in [5.41, 5.74) is 0. The van der Waals surface area contributed by atoms with E-state index >= 15 is 0 Å². The third-order valence-corrected chi connectivity index (χ3v) is 1.61. The summed E-state index contributed by atoms with van der Waals surface area (Å²) in [6.45, 7) is 4.23. The van der Waals surface area contributed by atoms with Crippen molar-refractivity contribution in [2.75, 3.05) is 12.4 Å². The van der Waals surface area contributed by atoms with Crippen LogP contribution in [0.25, 0.3) is 0 Å². The van der Waals surface area contributed by atoms with Gasteiger partial charge >= 0.3 is 5.97 Å². The molecule has 0 saturated carbocycles. The summed E-state index contributed by atoms with van der Waals surface area (Å²) in [5.74, 6) is -0.156. The number of hydrogen-bond donors (Lipinski definition) is 1. The van der Waals surface area contributed by atoms with E-state index in [1.165, 1.54) is 0 Å². The molecule has 0 saturated heterocycles. The fraction of sp³-hybridized carbons (Fsp3) is 0.857. The van der Waals surface area contributed by atoms with Gasteiger partial charge in [-0.15, -0.1) is 0 Å². The summed E-state index contributed by atoms with van der Waals surface area (Å²) in [6, 6.07) is 0. The van der Waals surface area contributed by atoms with Crippen molar-refractivity contribution in [3.8, 4) is 0 Å². The first-order valence-electron chi connectivity index (χ1n) is 3.75. The highest BCUT2D eigenvalue weighted by atomic mass is 32.2. The molecule has 0 aliphatic rings. The van der Waals surface area contributed by atoms with Crippen LogP contribution in [0.5, 0.6) is 0 Å². The van der Waals surface area contributed by atoms with Crippen LogP contribution in [0.3, 0.4) is 0 Å². The Morgan fingerprint density at radius 1 is 1.58 bits per heavy atom. The zero-order chi connectivity index (χ0) is 9.56. The third-order valence-electron chi connectivity index (χ3n) is 1.06. The van der Waals surface area contributed by atoms with Crippen molar-refractivity contribution in [3.05, 3.63) is 0 Å². The number of carbonyl (C=O) groups is 1. The Bertz CT molecular complexity index is 167. The van der Waals surface area contributed by atoms with Gasteiger partial charge in [-0.05, 0) is 5.92 Å². The lowest BCUT2D eigenvalue weighted by Crippen LogP contribution is -2.12. The Balaban J connectivity index is 3.40. The molecule has 0 aliphatic carbocycles. The zero-order valence-electron chi connectivity index (χ0n) is 7.28. The number of esters is 1. The van der Waals surface area contributed by atoms with Crippen molar-refractivity contribution in [1.82, 2.24) is 0 Å². The molecule has 1 atom stereocenters. The van der Waals surface area contributed by atoms with Crippen LogP contribution >= 0.6 is 0 Å². The van der Waals surface area contributed by atoms with E-state index in [9.17, 15) is 9.00 Å². The van der Waals surface area contributed by atoms with Gasteiger partial charge in [0.05, 0.1) is 18.8 Å². The monoisotopic (exact) mass is 194 g/mol. The lowest BCUT2D eigenvalue weighted by atomic mass is 10.2. The van der Waals surface area contributed by atoms with Gasteiger partial charge in [0.15, 0.2) is 11.1 Å². The molecule has 0 radical (unpaired) electrons. The fourth-order valence-corrected chi connectivity index (χ4v) is 0.844. The molecule has 5 heteroatoms. The molecule has 1 N–H and O–H groups in total. The van der Waals surface area contributed by atoms with Crippen molar-refractivity contribution in [1.29, 1.82) is 0 Å². The first kappa shape index (κ1) is 11.6. The van der Waals surface area contributed by atoms with Gasteiger partial charge in [0.25, 0.3) is 0 Å². The molecule has 4 nitrogen and oxygen atoms in total. The highest BCUT2D eigenvalue weighted by Gasteiger charge is 2.05. The van der Waals surface area contributed by atoms with E-state index in [-0.39, 0.29) is 12.2 Å². The van der Waals surface area contributed by atoms with Crippen molar-refractivity contribution in [3.63, 3.8) is 0 Å². The summed E-state index contributed by atoms with van der Waals surface area (Å²) < 4.78 is 23.3. The van der Waals surface area contributed by atoms with Crippen LogP contribution in [0.15, 0.2) is 0 Å². The molecule has 0 rings (SSSR count). The van der Waals surface area contributed by atoms with Gasteiger partial charge in [-0.25, -0.2) is 4.21 Å². The number of hydrogen-bond acceptors (Lipinski definition) is 3. The van der Waals surface area contributed by atoms with Gasteiger partial charge in [0, 0.05) is 0 Å². The molecule has 0 heterocycles. The van der Waals surface area contributed by atoms with Crippen LogP contribution in [-0.2, 0) is 20.6 Å². The van der Waals surface area contributed by atoms with Crippen LogP contribution in [-0.4, -0.2) is 27.1 Å². The van der Waals surface area contributed by atoms with Crippen LogP contribution in [0, 0.1) is 5.92 Å². The molecule has 1 unspecified atom stereocenters. The highest BCUT2D eigenvalue weighted by Crippen LogP contribution is 1.95. The molecule has 0 spiro atoms. The minimum Gasteiger partial charge on any atom is -0.465 e. The quantitative estimate of drug-likeness (QED) is 0.519. The molecule has 0 bridgehead atoms. The molecule has 0 aromatic rings. The predicted octanol–water partition coefficient (Wildman–Crippen LogP) is 0.797. The minimum atomic E-state index is -1.90. The molecule has 0 aliphatic heterocycles. The second-order valence-corrected chi connectivity index (χ2v) is 3.90. The largest absolute Gasteiger partial charge is 0.465 e. The Kier molecular flexibility index (Phi) is 5.92. The molecule has 12 heavy (non-hydrogen) atoms. The van der Waals surface area contributed by atoms with Gasteiger partial charge in [-0.3, -0.25) is 4.79 Å². The molecule has 0 amide bonds. The Morgan fingerprint density at radius 3 is 2.58 bits per heavy atom. The Hall–Kier alpha value is -0.420. The van der Waals surface area contributed by atoms with E-state index in [1.807, 2.05) is 13.8 Å². The Morgan fingerprint density at radius 2 is 2.17 bits per heavy atom. The van der Waals surface area contributed by atoms with E-state index in [2.05, 4.69) is 0 Å². The van der Waals surface area contributed by atoms with E-state index in [0.29, 0.717) is 12.5 Å². The van der Waals surface area contributed by atoms with Gasteiger partial charge in [0.2, 0.25) is 0 Å². The van der Waals surface area contributed by atoms with Crippen molar-refractivity contribution in [2.24, 2.45) is 5.92 Å². The fourth-order valence-electron chi connectivity index (χ4n) is 0.502. The molecule has 0 aromatic carbocycles. The smallest absolute Gasteiger partial charge is 0.306 e. The van der Waals surface area contributed by atoms with Crippen LogP contribution in [0.2, 0.25) is 0 Å². The second kappa shape index (κ2) is 6.14. The van der Waals surface area contributed by atoms with E-state index in [4.69, 9.17) is 9.29 Å². The zero-order valence-corrected chi connectivity index (χ0v) is 8.10. The standard InChI is InChI=1S/C7H14O4S/c1-6(2)5-11-7(8)3-4-12(9)10/h6H,3-5H2,1-2H3,(H,9,10). The topological polar surface area (TPSA) is 63.6 Å². The van der Waals surface area contributed by atoms with E-state index in [0.717, 1.165) is 0 Å². The maximum atomic E-state index is 10.8. The maximum absolute atomic E-state index is 10.8. The molecule has 0 aromatic heterocycles. The summed E-state index contributed by atoms with van der Waals surface area (Å²) in [5, 5.41) is 0. The van der Waals surface area contributed by atoms with Crippen LogP contribution < -0.4 is 0 Å². The highest BCUT2D eigenvalue weighted by molar-refractivity contribution is 7.79. The minimum absolute atomic E-state index is 0.00975. The summed E-state index contributed by atoms with van der Waals surface area (Å²) >= 11 is -1.90. The molecule has 0 fully saturated rings. The lowest BCUT2D eigenvalue weighted by Gasteiger charge is -2.05. The normalized spacial score (nSPS) is 13.0. The van der Waals surface area contributed by atoms with Gasteiger partial charge in [-0.1, -0.05) is 13.8 Å². The van der Waals surface area contributed by atoms with Gasteiger partial charge in [-0.2, -0.15) is 0 Å². The summed E-state index contributed by atoms with van der Waals surface area (Å²) in [7, 11) is 0. The van der Waals surface area contributed by atoms with Gasteiger partial charge < -0.3 is 9.29 Å². The summed E-state index contributed by atoms with van der Waals surface area (Å²) in [4.78, 5) is 10.8. The third kappa shape index (κ3) is 7.68. The number of carbonyl (C=O) groups excluding carboxylic acids is 1. The Labute approximate surface area is 74.6 Å². The first-order chi connectivity index (χ1) is 5.52. The van der Waals surface area contributed by atoms with Crippen LogP contribution in [0.1, 0.15) is 20.3 Å². The van der Waals surface area contributed by atoms with Gasteiger partial charge in [0.1, 0.15) is 0 Å². The molecular formula is C7H14O4S. The molecule has 72 valence electrons. The number of rotatable bonds is 5. The SMILES string of the molecule is CC(C)COC(=O)CCS(=O)O. The molecular weight excluding hydrogens is 180 g/mol. The van der Waals surface area contributed by atoms with E-state index < -0.39 is 17.0 Å². The lowest BCUT2D eigenvalue weighted by molar-refractivity contribution is -0.144. The van der Waals surface area contributed by atoms with Crippen molar-refractivity contribution in [2.45, 2.75) is 20.3 Å². The summed E-state index contributed by atoms with van der Waals surface area (Å²) in [6.07, 6.45) is 0.00975. The van der Waals surface area contributed by atoms with E-state index in [1.54, 1.807) is 0 Å². The predicted molar refractivity (Wildman–Crippen MR) is 46.1 cm³/mol. The number of ether oxygens (including phenoxy) is 1. The van der Waals surface area contributed by atoms with Crippen LogP contribution in [0.4, 0.5) is 0 Å². The maximum Gasteiger partial charge on any atom is 0.306 e. The van der Waals surface area contributed by atoms with Crippen molar-refractivity contribution >= 4 is 17.0 Å². The second-order valence-electron chi connectivity index (χ2n) is 2.85. The first-order valence-corrected chi connectivity index (χ1v) is 5.03. The average Bonchev–Trinajstić information content (AvgIpc) is 1.96. The van der Waals surface area contributed by atoms with Crippen molar-refractivity contribution < 1.29 is 18.3 Å². The average molecular weight is 194 g/mol.